The van der Waals surface area contributed by atoms with Crippen LogP contribution in [0, 0.1) is 12.8 Å². The number of rotatable bonds is 10. The Labute approximate surface area is 157 Å². The summed E-state index contributed by atoms with van der Waals surface area (Å²) in [5, 5.41) is 10.9. The van der Waals surface area contributed by atoms with Crippen molar-refractivity contribution >= 4 is 24.1 Å². The van der Waals surface area contributed by atoms with E-state index in [0.29, 0.717) is 24.8 Å². The average Bonchev–Trinajstić information content (AvgIpc) is 3.42. The molecular formula is C21H32N4O. The maximum atomic E-state index is 12.3. The zero-order valence-corrected chi connectivity index (χ0v) is 16.4. The Morgan fingerprint density at radius 2 is 1.96 bits per heavy atom. The maximum absolute atomic E-state index is 12.3. The summed E-state index contributed by atoms with van der Waals surface area (Å²) in [5.41, 5.74) is 2.01. The number of aryl methyl sites for hydroxylation is 1. The molecule has 1 aromatic carbocycles. The molecule has 0 spiro atoms. The van der Waals surface area contributed by atoms with Gasteiger partial charge in [0.15, 0.2) is 0 Å². The minimum Gasteiger partial charge on any atom is -0.356 e. The topological polar surface area (TPSA) is 57.1 Å². The van der Waals surface area contributed by atoms with Crippen molar-refractivity contribution in [2.24, 2.45) is 16.1 Å². The van der Waals surface area contributed by atoms with Crippen LogP contribution in [0.25, 0.3) is 0 Å². The molecule has 0 aromatic heterocycles. The fourth-order valence-corrected chi connectivity index (χ4v) is 3.00. The maximum Gasteiger partial charge on any atom is 0.224 e. The van der Waals surface area contributed by atoms with Crippen LogP contribution >= 0.6 is 0 Å². The summed E-state index contributed by atoms with van der Waals surface area (Å²) in [6.07, 6.45) is 5.73. The number of carbonyl (C=O) groups excluding carboxylic acids is 1. The van der Waals surface area contributed by atoms with E-state index in [-0.39, 0.29) is 5.91 Å². The summed E-state index contributed by atoms with van der Waals surface area (Å²) in [4.78, 5) is 14.6. The number of anilines is 1. The van der Waals surface area contributed by atoms with Crippen LogP contribution < -0.4 is 5.32 Å². The number of hydrogen-bond acceptors (Lipinski definition) is 3. The summed E-state index contributed by atoms with van der Waals surface area (Å²) in [6, 6.07) is 8.40. The van der Waals surface area contributed by atoms with E-state index in [1.54, 1.807) is 0 Å². The van der Waals surface area contributed by atoms with Crippen molar-refractivity contribution in [3.05, 3.63) is 29.8 Å². The van der Waals surface area contributed by atoms with Crippen molar-refractivity contribution in [1.82, 2.24) is 4.90 Å². The molecule has 142 valence electrons. The molecule has 1 saturated carbocycles. The Hall–Kier alpha value is -2.17. The second kappa shape index (κ2) is 10.1. The quantitative estimate of drug-likeness (QED) is 0.377. The van der Waals surface area contributed by atoms with E-state index in [1.165, 1.54) is 24.8 Å². The third-order valence-electron chi connectivity index (χ3n) is 4.60. The van der Waals surface area contributed by atoms with Gasteiger partial charge < -0.3 is 10.2 Å². The summed E-state index contributed by atoms with van der Waals surface area (Å²) in [5.74, 6) is 1.60. The van der Waals surface area contributed by atoms with Crippen molar-refractivity contribution in [2.45, 2.75) is 65.3 Å². The third kappa shape index (κ3) is 6.98. The van der Waals surface area contributed by atoms with Crippen molar-refractivity contribution in [3.63, 3.8) is 0 Å². The first-order valence-corrected chi connectivity index (χ1v) is 9.65. The van der Waals surface area contributed by atoms with E-state index in [2.05, 4.69) is 41.0 Å². The van der Waals surface area contributed by atoms with Crippen LogP contribution in [-0.2, 0) is 4.79 Å². The normalized spacial score (nSPS) is 14.4. The van der Waals surface area contributed by atoms with E-state index < -0.39 is 0 Å². The summed E-state index contributed by atoms with van der Waals surface area (Å²) in [6.45, 7) is 11.0. The van der Waals surface area contributed by atoms with Crippen LogP contribution in [-0.4, -0.2) is 35.9 Å². The van der Waals surface area contributed by atoms with Gasteiger partial charge in [0.1, 0.15) is 5.84 Å². The molecule has 2 rings (SSSR count). The van der Waals surface area contributed by atoms with E-state index in [1.807, 2.05) is 31.2 Å². The van der Waals surface area contributed by atoms with Gasteiger partial charge in [-0.15, -0.1) is 5.10 Å². The Morgan fingerprint density at radius 3 is 2.54 bits per heavy atom. The van der Waals surface area contributed by atoms with Crippen LogP contribution in [0.2, 0.25) is 0 Å². The molecule has 0 saturated heterocycles. The van der Waals surface area contributed by atoms with E-state index in [0.717, 1.165) is 24.5 Å². The van der Waals surface area contributed by atoms with Crippen LogP contribution in [0.15, 0.2) is 34.5 Å². The Balaban J connectivity index is 1.89. The van der Waals surface area contributed by atoms with Crippen LogP contribution in [0.4, 0.5) is 5.69 Å². The van der Waals surface area contributed by atoms with Crippen LogP contribution in [0.5, 0.6) is 0 Å². The minimum atomic E-state index is 0.00328. The molecule has 0 heterocycles. The molecule has 5 heteroatoms. The standard InChI is InChI=1S/C21H32N4O/c1-16(2)6-5-15-25(19-11-12-19)20(24-22-4)13-14-21(26)23-18-9-7-17(3)8-10-18/h7-10,16,19H,4-6,11-15H2,1-3H3,(H,23,26)/b24-20-. The molecule has 1 aliphatic carbocycles. The summed E-state index contributed by atoms with van der Waals surface area (Å²) >= 11 is 0. The van der Waals surface area contributed by atoms with Gasteiger partial charge in [0.05, 0.1) is 0 Å². The lowest BCUT2D eigenvalue weighted by molar-refractivity contribution is -0.116. The molecule has 1 aliphatic rings. The van der Waals surface area contributed by atoms with Crippen molar-refractivity contribution in [3.8, 4) is 0 Å². The molecular weight excluding hydrogens is 324 g/mol. The second-order valence-electron chi connectivity index (χ2n) is 7.53. The second-order valence-corrected chi connectivity index (χ2v) is 7.53. The molecule has 26 heavy (non-hydrogen) atoms. The SMILES string of the molecule is C=N/N=C(/CCC(=O)Nc1ccc(C)cc1)N(CCCC(C)C)C1CC1. The van der Waals surface area contributed by atoms with Gasteiger partial charge in [-0.2, -0.15) is 5.10 Å². The van der Waals surface area contributed by atoms with Gasteiger partial charge >= 0.3 is 0 Å². The fraction of sp³-hybridized carbons (Fsp3) is 0.571. The number of nitrogens with one attached hydrogen (secondary N) is 1. The van der Waals surface area contributed by atoms with Gasteiger partial charge in [0.2, 0.25) is 5.91 Å². The number of amides is 1. The number of carbonyl (C=O) groups is 1. The molecule has 0 atom stereocenters. The van der Waals surface area contributed by atoms with Gasteiger partial charge in [-0.25, -0.2) is 0 Å². The Morgan fingerprint density at radius 1 is 1.27 bits per heavy atom. The molecule has 0 bridgehead atoms. The zero-order chi connectivity index (χ0) is 18.9. The number of benzene rings is 1. The first kappa shape index (κ1) is 20.1. The van der Waals surface area contributed by atoms with Gasteiger partial charge in [0, 0.05) is 37.8 Å². The van der Waals surface area contributed by atoms with Crippen molar-refractivity contribution < 1.29 is 4.79 Å². The third-order valence-corrected chi connectivity index (χ3v) is 4.60. The summed E-state index contributed by atoms with van der Waals surface area (Å²) < 4.78 is 0. The fourth-order valence-electron chi connectivity index (χ4n) is 3.00. The highest BCUT2D eigenvalue weighted by molar-refractivity contribution is 5.94. The molecule has 1 aromatic rings. The lowest BCUT2D eigenvalue weighted by Gasteiger charge is -2.26. The van der Waals surface area contributed by atoms with Gasteiger partial charge in [-0.3, -0.25) is 4.79 Å². The highest BCUT2D eigenvalue weighted by atomic mass is 16.1. The lowest BCUT2D eigenvalue weighted by atomic mass is 10.1. The molecule has 1 amide bonds. The number of nitrogens with zero attached hydrogens (tertiary/aromatic N) is 3. The predicted octanol–water partition coefficient (Wildman–Crippen LogP) is 4.63. The van der Waals surface area contributed by atoms with Gasteiger partial charge in [-0.05, 0) is 50.7 Å². The van der Waals surface area contributed by atoms with Crippen LogP contribution in [0.3, 0.4) is 0 Å². The lowest BCUT2D eigenvalue weighted by Crippen LogP contribution is -2.34. The first-order valence-electron chi connectivity index (χ1n) is 9.65. The van der Waals surface area contributed by atoms with Crippen molar-refractivity contribution in [2.75, 3.05) is 11.9 Å². The predicted molar refractivity (Wildman–Crippen MR) is 110 cm³/mol. The Kier molecular flexibility index (Phi) is 7.82. The van der Waals surface area contributed by atoms with E-state index >= 15 is 0 Å². The van der Waals surface area contributed by atoms with Crippen molar-refractivity contribution in [1.29, 1.82) is 0 Å². The molecule has 5 nitrogen and oxygen atoms in total. The molecule has 1 N–H and O–H groups in total. The van der Waals surface area contributed by atoms with E-state index in [9.17, 15) is 4.79 Å². The highest BCUT2D eigenvalue weighted by Gasteiger charge is 2.31. The molecule has 0 aliphatic heterocycles. The minimum absolute atomic E-state index is 0.00328. The molecule has 0 unspecified atom stereocenters. The zero-order valence-electron chi connectivity index (χ0n) is 16.4. The summed E-state index contributed by atoms with van der Waals surface area (Å²) in [7, 11) is 0. The molecule has 0 radical (unpaired) electrons. The Bertz CT molecular complexity index is 617. The number of amidine groups is 1. The highest BCUT2D eigenvalue weighted by Crippen LogP contribution is 2.29. The first-order chi connectivity index (χ1) is 12.5. The van der Waals surface area contributed by atoms with Crippen LogP contribution in [0.1, 0.15) is 57.9 Å². The number of hydrogen-bond donors (Lipinski definition) is 1. The monoisotopic (exact) mass is 356 g/mol. The largest absolute Gasteiger partial charge is 0.356 e. The van der Waals surface area contributed by atoms with Gasteiger partial charge in [-0.1, -0.05) is 31.5 Å². The molecule has 1 fully saturated rings. The van der Waals surface area contributed by atoms with E-state index in [4.69, 9.17) is 0 Å². The van der Waals surface area contributed by atoms with Gasteiger partial charge in [0.25, 0.3) is 0 Å². The smallest absolute Gasteiger partial charge is 0.224 e. The average molecular weight is 357 g/mol.